The third-order valence-electron chi connectivity index (χ3n) is 3.73. The Hall–Kier alpha value is -1.27. The Morgan fingerprint density at radius 1 is 1.30 bits per heavy atom. The minimum Gasteiger partial charge on any atom is -0.490 e. The molecule has 2 N–H and O–H groups in total. The van der Waals surface area contributed by atoms with E-state index in [1.807, 2.05) is 26.0 Å². The Balaban J connectivity index is 2.05. The van der Waals surface area contributed by atoms with Gasteiger partial charge >= 0.3 is 0 Å². The second kappa shape index (κ2) is 9.13. The first-order valence-electron chi connectivity index (χ1n) is 8.22. The number of hydrogen-bond donors (Lipinski definition) is 2. The SMILES string of the molecule is CCOc1cc(Br)c(CC(=O)N[C@H]2CCCNC2)cc1OCC. The number of carbonyl (C=O) groups excluding carboxylic acids is 1. The lowest BCUT2D eigenvalue weighted by atomic mass is 10.1. The van der Waals surface area contributed by atoms with Crippen molar-refractivity contribution in [2.24, 2.45) is 0 Å². The summed E-state index contributed by atoms with van der Waals surface area (Å²) in [6.07, 6.45) is 2.46. The van der Waals surface area contributed by atoms with E-state index in [9.17, 15) is 4.79 Å². The maximum absolute atomic E-state index is 12.3. The molecule has 1 saturated heterocycles. The maximum Gasteiger partial charge on any atom is 0.224 e. The van der Waals surface area contributed by atoms with Crippen molar-refractivity contribution in [3.05, 3.63) is 22.2 Å². The van der Waals surface area contributed by atoms with Crippen LogP contribution in [0.5, 0.6) is 11.5 Å². The highest BCUT2D eigenvalue weighted by Crippen LogP contribution is 2.34. The summed E-state index contributed by atoms with van der Waals surface area (Å²) in [6.45, 7) is 6.88. The number of carbonyl (C=O) groups is 1. The number of rotatable bonds is 7. The summed E-state index contributed by atoms with van der Waals surface area (Å²) in [5.41, 5.74) is 0.901. The molecule has 1 aromatic rings. The molecule has 1 atom stereocenters. The highest BCUT2D eigenvalue weighted by molar-refractivity contribution is 9.10. The van der Waals surface area contributed by atoms with Gasteiger partial charge in [-0.15, -0.1) is 0 Å². The lowest BCUT2D eigenvalue weighted by Gasteiger charge is -2.24. The zero-order chi connectivity index (χ0) is 16.7. The standard InChI is InChI=1S/C17H25BrN2O3/c1-3-22-15-8-12(14(18)10-16(15)23-4-2)9-17(21)20-13-6-5-7-19-11-13/h8,10,13,19H,3-7,9,11H2,1-2H3,(H,20,21)/t13-/m0/s1. The number of hydrogen-bond acceptors (Lipinski definition) is 4. The van der Waals surface area contributed by atoms with Gasteiger partial charge in [0.1, 0.15) is 0 Å². The zero-order valence-electron chi connectivity index (χ0n) is 13.8. The van der Waals surface area contributed by atoms with Crippen LogP contribution in [-0.2, 0) is 11.2 Å². The van der Waals surface area contributed by atoms with Gasteiger partial charge in [0.15, 0.2) is 11.5 Å². The Bertz CT molecular complexity index is 531. The maximum atomic E-state index is 12.3. The average molecular weight is 385 g/mol. The molecule has 5 nitrogen and oxygen atoms in total. The number of benzene rings is 1. The van der Waals surface area contributed by atoms with Crippen LogP contribution < -0.4 is 20.1 Å². The van der Waals surface area contributed by atoms with Crippen LogP contribution in [0.15, 0.2) is 16.6 Å². The number of halogens is 1. The van der Waals surface area contributed by atoms with Gasteiger partial charge in [-0.2, -0.15) is 0 Å². The van der Waals surface area contributed by atoms with E-state index in [1.165, 1.54) is 0 Å². The normalized spacial score (nSPS) is 17.6. The molecule has 1 amide bonds. The van der Waals surface area contributed by atoms with Crippen molar-refractivity contribution in [2.75, 3.05) is 26.3 Å². The Kier molecular flexibility index (Phi) is 7.17. The van der Waals surface area contributed by atoms with E-state index in [-0.39, 0.29) is 11.9 Å². The molecule has 1 aromatic carbocycles. The minimum atomic E-state index is 0.0333. The Morgan fingerprint density at radius 3 is 2.61 bits per heavy atom. The third-order valence-corrected chi connectivity index (χ3v) is 4.46. The largest absolute Gasteiger partial charge is 0.490 e. The van der Waals surface area contributed by atoms with E-state index < -0.39 is 0 Å². The molecule has 0 saturated carbocycles. The fourth-order valence-electron chi connectivity index (χ4n) is 2.68. The van der Waals surface area contributed by atoms with Gasteiger partial charge in [0.05, 0.1) is 19.6 Å². The van der Waals surface area contributed by atoms with Crippen LogP contribution in [0.4, 0.5) is 0 Å². The fourth-order valence-corrected chi connectivity index (χ4v) is 3.14. The molecule has 1 heterocycles. The molecule has 1 aliphatic heterocycles. The minimum absolute atomic E-state index is 0.0333. The molecule has 0 aromatic heterocycles. The summed E-state index contributed by atoms with van der Waals surface area (Å²) < 4.78 is 12.1. The molecule has 1 aliphatic rings. The second-order valence-electron chi connectivity index (χ2n) is 5.54. The summed E-state index contributed by atoms with van der Waals surface area (Å²) in [5, 5.41) is 6.39. The Morgan fingerprint density at radius 2 is 2.00 bits per heavy atom. The van der Waals surface area contributed by atoms with Crippen molar-refractivity contribution < 1.29 is 14.3 Å². The second-order valence-corrected chi connectivity index (χ2v) is 6.40. The summed E-state index contributed by atoms with van der Waals surface area (Å²) in [7, 11) is 0. The third kappa shape index (κ3) is 5.39. The van der Waals surface area contributed by atoms with Crippen molar-refractivity contribution in [3.63, 3.8) is 0 Å². The van der Waals surface area contributed by atoms with Crippen LogP contribution in [0.25, 0.3) is 0 Å². The van der Waals surface area contributed by atoms with E-state index in [0.717, 1.165) is 36.0 Å². The van der Waals surface area contributed by atoms with Crippen molar-refractivity contribution in [2.45, 2.75) is 39.2 Å². The van der Waals surface area contributed by atoms with Gasteiger partial charge < -0.3 is 20.1 Å². The summed E-state index contributed by atoms with van der Waals surface area (Å²) in [4.78, 5) is 12.3. The van der Waals surface area contributed by atoms with Crippen molar-refractivity contribution in [1.29, 1.82) is 0 Å². The molecule has 0 bridgehead atoms. The molecule has 0 aliphatic carbocycles. The lowest BCUT2D eigenvalue weighted by Crippen LogP contribution is -2.46. The first-order chi connectivity index (χ1) is 11.1. The van der Waals surface area contributed by atoms with Gasteiger partial charge in [-0.1, -0.05) is 15.9 Å². The molecule has 2 rings (SSSR count). The van der Waals surface area contributed by atoms with Gasteiger partial charge in [-0.3, -0.25) is 4.79 Å². The summed E-state index contributed by atoms with van der Waals surface area (Å²) in [5.74, 6) is 1.41. The van der Waals surface area contributed by atoms with E-state index >= 15 is 0 Å². The van der Waals surface area contributed by atoms with Crippen LogP contribution >= 0.6 is 15.9 Å². The van der Waals surface area contributed by atoms with Gasteiger partial charge in [0.25, 0.3) is 0 Å². The average Bonchev–Trinajstić information content (AvgIpc) is 2.53. The smallest absolute Gasteiger partial charge is 0.224 e. The molecule has 0 unspecified atom stereocenters. The molecule has 0 spiro atoms. The number of amides is 1. The van der Waals surface area contributed by atoms with E-state index in [2.05, 4.69) is 26.6 Å². The predicted molar refractivity (Wildman–Crippen MR) is 94.2 cm³/mol. The van der Waals surface area contributed by atoms with Crippen LogP contribution in [0, 0.1) is 0 Å². The number of nitrogens with one attached hydrogen (secondary N) is 2. The van der Waals surface area contributed by atoms with Gasteiger partial charge in [0.2, 0.25) is 5.91 Å². The molecule has 6 heteroatoms. The number of ether oxygens (including phenoxy) is 2. The zero-order valence-corrected chi connectivity index (χ0v) is 15.4. The van der Waals surface area contributed by atoms with E-state index in [1.54, 1.807) is 0 Å². The Labute approximate surface area is 146 Å². The van der Waals surface area contributed by atoms with Crippen LogP contribution in [0.3, 0.4) is 0 Å². The van der Waals surface area contributed by atoms with Gasteiger partial charge in [0, 0.05) is 17.1 Å². The molecular weight excluding hydrogens is 360 g/mol. The molecule has 1 fully saturated rings. The predicted octanol–water partition coefficient (Wildman–Crippen LogP) is 2.66. The number of piperidine rings is 1. The van der Waals surface area contributed by atoms with E-state index in [4.69, 9.17) is 9.47 Å². The van der Waals surface area contributed by atoms with Crippen molar-refractivity contribution in [1.82, 2.24) is 10.6 Å². The highest BCUT2D eigenvalue weighted by Gasteiger charge is 2.17. The molecule has 0 radical (unpaired) electrons. The molecule has 128 valence electrons. The van der Waals surface area contributed by atoms with Gasteiger partial charge in [-0.25, -0.2) is 0 Å². The van der Waals surface area contributed by atoms with Crippen LogP contribution in [-0.4, -0.2) is 38.3 Å². The first-order valence-corrected chi connectivity index (χ1v) is 9.01. The summed E-state index contributed by atoms with van der Waals surface area (Å²) >= 11 is 3.53. The molecular formula is C17H25BrN2O3. The monoisotopic (exact) mass is 384 g/mol. The topological polar surface area (TPSA) is 59.6 Å². The van der Waals surface area contributed by atoms with E-state index in [0.29, 0.717) is 31.1 Å². The van der Waals surface area contributed by atoms with Gasteiger partial charge in [-0.05, 0) is 50.9 Å². The molecule has 23 heavy (non-hydrogen) atoms. The fraction of sp³-hybridized carbons (Fsp3) is 0.588. The van der Waals surface area contributed by atoms with Crippen molar-refractivity contribution in [3.8, 4) is 11.5 Å². The highest BCUT2D eigenvalue weighted by atomic mass is 79.9. The first kappa shape index (κ1) is 18.1. The van der Waals surface area contributed by atoms with Crippen LogP contribution in [0.1, 0.15) is 32.3 Å². The summed E-state index contributed by atoms with van der Waals surface area (Å²) in [6, 6.07) is 3.99. The van der Waals surface area contributed by atoms with Crippen molar-refractivity contribution >= 4 is 21.8 Å². The lowest BCUT2D eigenvalue weighted by molar-refractivity contribution is -0.121. The quantitative estimate of drug-likeness (QED) is 0.758. The van der Waals surface area contributed by atoms with Crippen LogP contribution in [0.2, 0.25) is 0 Å².